The lowest BCUT2D eigenvalue weighted by molar-refractivity contribution is -0.128. The molecule has 3 unspecified atom stereocenters. The van der Waals surface area contributed by atoms with Gasteiger partial charge in [-0.15, -0.1) is 0 Å². The van der Waals surface area contributed by atoms with Gasteiger partial charge in [-0.25, -0.2) is 0 Å². The zero-order valence-corrected chi connectivity index (χ0v) is 12.9. The van der Waals surface area contributed by atoms with E-state index in [0.29, 0.717) is 12.0 Å². The molecule has 1 fully saturated rings. The van der Waals surface area contributed by atoms with E-state index in [2.05, 4.69) is 5.32 Å². The van der Waals surface area contributed by atoms with Gasteiger partial charge in [-0.1, -0.05) is 36.8 Å². The zero-order chi connectivity index (χ0) is 16.2. The van der Waals surface area contributed by atoms with E-state index in [1.165, 1.54) is 0 Å². The average Bonchev–Trinajstić information content (AvgIpc) is 2.47. The minimum Gasteiger partial charge on any atom is -0.385 e. The third kappa shape index (κ3) is 4.31. The second-order valence-electron chi connectivity index (χ2n) is 6.35. The van der Waals surface area contributed by atoms with E-state index >= 15 is 0 Å². The molecular weight excluding hydrogens is 280 g/mol. The molecule has 0 radical (unpaired) electrons. The number of amides is 2. The third-order valence-electron chi connectivity index (χ3n) is 4.34. The Balaban J connectivity index is 1.91. The Morgan fingerprint density at radius 1 is 1.32 bits per heavy atom. The van der Waals surface area contributed by atoms with Crippen LogP contribution in [-0.2, 0) is 15.2 Å². The molecule has 1 aliphatic rings. The third-order valence-corrected chi connectivity index (χ3v) is 4.34. The van der Waals surface area contributed by atoms with Crippen LogP contribution < -0.4 is 11.1 Å². The normalized spacial score (nSPS) is 24.3. The highest BCUT2D eigenvalue weighted by Crippen LogP contribution is 2.26. The number of hydrogen-bond donors (Lipinski definition) is 3. The molecule has 120 valence electrons. The summed E-state index contributed by atoms with van der Waals surface area (Å²) in [5.41, 5.74) is 4.85. The van der Waals surface area contributed by atoms with E-state index in [4.69, 9.17) is 5.73 Å². The van der Waals surface area contributed by atoms with Crippen LogP contribution in [0.1, 0.15) is 44.6 Å². The Kier molecular flexibility index (Phi) is 5.19. The number of carbonyl (C=O) groups is 2. The summed E-state index contributed by atoms with van der Waals surface area (Å²) in [6.07, 6.45) is 3.11. The molecule has 5 nitrogen and oxygen atoms in total. The minimum atomic E-state index is -1.21. The van der Waals surface area contributed by atoms with Crippen molar-refractivity contribution < 1.29 is 14.7 Å². The van der Waals surface area contributed by atoms with Crippen molar-refractivity contribution in [3.05, 3.63) is 35.9 Å². The summed E-state index contributed by atoms with van der Waals surface area (Å²) in [6, 6.07) is 9.10. The lowest BCUT2D eigenvalue weighted by Gasteiger charge is -2.29. The van der Waals surface area contributed by atoms with Crippen molar-refractivity contribution >= 4 is 11.8 Å². The van der Waals surface area contributed by atoms with Crippen LogP contribution in [0.5, 0.6) is 0 Å². The van der Waals surface area contributed by atoms with Crippen LogP contribution in [0.4, 0.5) is 0 Å². The Morgan fingerprint density at radius 3 is 2.64 bits per heavy atom. The number of benzene rings is 1. The molecule has 0 saturated heterocycles. The van der Waals surface area contributed by atoms with Gasteiger partial charge >= 0.3 is 0 Å². The number of hydrogen-bond acceptors (Lipinski definition) is 3. The van der Waals surface area contributed by atoms with Gasteiger partial charge in [0.2, 0.25) is 11.8 Å². The standard InChI is InChI=1S/C17H24N2O3/c1-17(22,13-7-3-2-4-8-13)11-15(20)19-14-9-5-6-12(10-14)16(18)21/h2-4,7-8,12,14,22H,5-6,9-11H2,1H3,(H2,18,21)(H,19,20). The number of aliphatic hydroxyl groups is 1. The first-order chi connectivity index (χ1) is 10.4. The van der Waals surface area contributed by atoms with Gasteiger partial charge in [0.1, 0.15) is 0 Å². The molecule has 2 amide bonds. The number of primary amides is 1. The first-order valence-electron chi connectivity index (χ1n) is 7.75. The average molecular weight is 304 g/mol. The van der Waals surface area contributed by atoms with Gasteiger partial charge in [0.25, 0.3) is 0 Å². The largest absolute Gasteiger partial charge is 0.385 e. The summed E-state index contributed by atoms with van der Waals surface area (Å²) in [5, 5.41) is 13.4. The summed E-state index contributed by atoms with van der Waals surface area (Å²) >= 11 is 0. The number of nitrogens with two attached hydrogens (primary N) is 1. The van der Waals surface area contributed by atoms with Crippen LogP contribution in [0.2, 0.25) is 0 Å². The lowest BCUT2D eigenvalue weighted by Crippen LogP contribution is -2.43. The Labute approximate surface area is 130 Å². The molecule has 1 aromatic rings. The van der Waals surface area contributed by atoms with Crippen LogP contribution in [0.15, 0.2) is 30.3 Å². The quantitative estimate of drug-likeness (QED) is 0.768. The number of rotatable bonds is 5. The van der Waals surface area contributed by atoms with Crippen LogP contribution in [0.3, 0.4) is 0 Å². The molecule has 0 spiro atoms. The van der Waals surface area contributed by atoms with Gasteiger partial charge in [0.15, 0.2) is 0 Å². The first-order valence-corrected chi connectivity index (χ1v) is 7.75. The predicted molar refractivity (Wildman–Crippen MR) is 83.7 cm³/mol. The molecule has 4 N–H and O–H groups in total. The van der Waals surface area contributed by atoms with Crippen molar-refractivity contribution in [1.29, 1.82) is 0 Å². The van der Waals surface area contributed by atoms with E-state index in [0.717, 1.165) is 19.3 Å². The molecule has 1 aliphatic carbocycles. The smallest absolute Gasteiger partial charge is 0.223 e. The summed E-state index contributed by atoms with van der Waals surface area (Å²) in [6.45, 7) is 1.63. The van der Waals surface area contributed by atoms with Crippen molar-refractivity contribution in [2.75, 3.05) is 0 Å². The molecule has 0 aliphatic heterocycles. The molecule has 3 atom stereocenters. The highest BCUT2D eigenvalue weighted by molar-refractivity contribution is 5.78. The van der Waals surface area contributed by atoms with Gasteiger partial charge in [0, 0.05) is 12.0 Å². The van der Waals surface area contributed by atoms with E-state index in [9.17, 15) is 14.7 Å². The van der Waals surface area contributed by atoms with Gasteiger partial charge in [-0.3, -0.25) is 9.59 Å². The SMILES string of the molecule is CC(O)(CC(=O)NC1CCCC(C(N)=O)C1)c1ccccc1. The lowest BCUT2D eigenvalue weighted by atomic mass is 9.85. The van der Waals surface area contributed by atoms with Crippen molar-refractivity contribution in [3.8, 4) is 0 Å². The van der Waals surface area contributed by atoms with Crippen LogP contribution in [-0.4, -0.2) is 23.0 Å². The van der Waals surface area contributed by atoms with Gasteiger partial charge in [-0.2, -0.15) is 0 Å². The van der Waals surface area contributed by atoms with E-state index < -0.39 is 5.60 Å². The van der Waals surface area contributed by atoms with Crippen LogP contribution in [0.25, 0.3) is 0 Å². The molecule has 1 aromatic carbocycles. The first kappa shape index (κ1) is 16.5. The van der Waals surface area contributed by atoms with Crippen molar-refractivity contribution in [2.45, 2.75) is 50.7 Å². The second kappa shape index (κ2) is 6.92. The Hall–Kier alpha value is -1.88. The van der Waals surface area contributed by atoms with Gasteiger partial charge in [-0.05, 0) is 31.7 Å². The monoisotopic (exact) mass is 304 g/mol. The van der Waals surface area contributed by atoms with E-state index in [1.807, 2.05) is 18.2 Å². The molecular formula is C17H24N2O3. The highest BCUT2D eigenvalue weighted by Gasteiger charge is 2.30. The van der Waals surface area contributed by atoms with Crippen LogP contribution >= 0.6 is 0 Å². The highest BCUT2D eigenvalue weighted by atomic mass is 16.3. The fourth-order valence-corrected chi connectivity index (χ4v) is 3.07. The summed E-state index contributed by atoms with van der Waals surface area (Å²) in [4.78, 5) is 23.5. The van der Waals surface area contributed by atoms with Crippen molar-refractivity contribution in [2.24, 2.45) is 11.7 Å². The molecule has 0 heterocycles. The predicted octanol–water partition coefficient (Wildman–Crippen LogP) is 1.44. The van der Waals surface area contributed by atoms with E-state index in [-0.39, 0.29) is 30.2 Å². The molecule has 5 heteroatoms. The Bertz CT molecular complexity index is 528. The van der Waals surface area contributed by atoms with Crippen molar-refractivity contribution in [3.63, 3.8) is 0 Å². The van der Waals surface area contributed by atoms with Gasteiger partial charge in [0.05, 0.1) is 12.0 Å². The van der Waals surface area contributed by atoms with Crippen molar-refractivity contribution in [1.82, 2.24) is 5.32 Å². The summed E-state index contributed by atoms with van der Waals surface area (Å²) in [7, 11) is 0. The zero-order valence-electron chi connectivity index (χ0n) is 12.9. The fourth-order valence-electron chi connectivity index (χ4n) is 3.07. The second-order valence-corrected chi connectivity index (χ2v) is 6.35. The summed E-state index contributed by atoms with van der Waals surface area (Å²) in [5.74, 6) is -0.659. The van der Waals surface area contributed by atoms with Gasteiger partial charge < -0.3 is 16.2 Å². The molecule has 2 rings (SSSR count). The number of carbonyl (C=O) groups excluding carboxylic acids is 2. The number of nitrogens with one attached hydrogen (secondary N) is 1. The summed E-state index contributed by atoms with van der Waals surface area (Å²) < 4.78 is 0. The van der Waals surface area contributed by atoms with E-state index in [1.54, 1.807) is 19.1 Å². The molecule has 0 aromatic heterocycles. The maximum absolute atomic E-state index is 12.2. The molecule has 1 saturated carbocycles. The molecule has 0 bridgehead atoms. The molecule has 22 heavy (non-hydrogen) atoms. The fraction of sp³-hybridized carbons (Fsp3) is 0.529. The maximum Gasteiger partial charge on any atom is 0.223 e. The topological polar surface area (TPSA) is 92.4 Å². The maximum atomic E-state index is 12.2. The minimum absolute atomic E-state index is 0.00521. The Morgan fingerprint density at radius 2 is 2.00 bits per heavy atom. The van der Waals surface area contributed by atoms with Crippen LogP contribution in [0, 0.1) is 5.92 Å².